The summed E-state index contributed by atoms with van der Waals surface area (Å²) < 4.78 is 5.84. The lowest BCUT2D eigenvalue weighted by Crippen LogP contribution is -2.30. The summed E-state index contributed by atoms with van der Waals surface area (Å²) in [6, 6.07) is 0. The number of fused-ring (bicyclic) bond motifs is 4. The zero-order valence-corrected chi connectivity index (χ0v) is 10.4. The maximum absolute atomic E-state index is 12.2. The first-order chi connectivity index (χ1) is 8.29. The van der Waals surface area contributed by atoms with E-state index in [1.54, 1.807) is 0 Å². The van der Waals surface area contributed by atoms with Crippen LogP contribution in [0.3, 0.4) is 0 Å². The second-order valence-electron chi connectivity index (χ2n) is 6.93. The first-order valence-electron chi connectivity index (χ1n) is 7.50. The van der Waals surface area contributed by atoms with Gasteiger partial charge in [0, 0.05) is 0 Å². The summed E-state index contributed by atoms with van der Waals surface area (Å²) >= 11 is 0. The zero-order valence-electron chi connectivity index (χ0n) is 10.4. The van der Waals surface area contributed by atoms with Crippen molar-refractivity contribution in [3.63, 3.8) is 0 Å². The highest BCUT2D eigenvalue weighted by Crippen LogP contribution is 2.50. The van der Waals surface area contributed by atoms with Gasteiger partial charge < -0.3 is 4.74 Å². The fourth-order valence-electron chi connectivity index (χ4n) is 5.10. The Labute approximate surface area is 103 Å². The van der Waals surface area contributed by atoms with E-state index in [0.29, 0.717) is 17.9 Å². The fourth-order valence-corrected chi connectivity index (χ4v) is 5.10. The van der Waals surface area contributed by atoms with Crippen LogP contribution in [0.2, 0.25) is 0 Å². The maximum Gasteiger partial charge on any atom is 0.309 e. The predicted octanol–water partition coefficient (Wildman–Crippen LogP) is 3.15. The molecule has 0 N–H and O–H groups in total. The third kappa shape index (κ3) is 1.63. The molecule has 0 saturated heterocycles. The maximum atomic E-state index is 12.2. The minimum Gasteiger partial charge on any atom is -0.462 e. The molecule has 2 heteroatoms. The molecule has 0 spiro atoms. The van der Waals surface area contributed by atoms with Gasteiger partial charge in [-0.3, -0.25) is 4.79 Å². The van der Waals surface area contributed by atoms with Crippen molar-refractivity contribution in [1.82, 2.24) is 0 Å². The van der Waals surface area contributed by atoms with Crippen LogP contribution in [-0.4, -0.2) is 12.1 Å². The van der Waals surface area contributed by atoms with Gasteiger partial charge in [-0.05, 0) is 68.6 Å². The molecular weight excluding hydrogens is 212 g/mol. The van der Waals surface area contributed by atoms with Crippen molar-refractivity contribution in [2.75, 3.05) is 0 Å². The van der Waals surface area contributed by atoms with Gasteiger partial charge in [0.15, 0.2) is 0 Å². The average Bonchev–Trinajstić information content (AvgIpc) is 3.08. The Balaban J connectivity index is 1.38. The summed E-state index contributed by atoms with van der Waals surface area (Å²) in [5.74, 6) is 3.53. The molecule has 0 radical (unpaired) electrons. The van der Waals surface area contributed by atoms with Gasteiger partial charge >= 0.3 is 5.97 Å². The van der Waals surface area contributed by atoms with E-state index in [4.69, 9.17) is 4.74 Å². The minimum absolute atomic E-state index is 0.162. The minimum atomic E-state index is 0.162. The molecule has 0 aromatic rings. The zero-order chi connectivity index (χ0) is 11.4. The van der Waals surface area contributed by atoms with Crippen molar-refractivity contribution in [2.45, 2.75) is 57.5 Å². The third-order valence-corrected chi connectivity index (χ3v) is 5.98. The van der Waals surface area contributed by atoms with Crippen LogP contribution in [0.5, 0.6) is 0 Å². The second kappa shape index (κ2) is 3.73. The summed E-state index contributed by atoms with van der Waals surface area (Å²) in [5, 5.41) is 0. The topological polar surface area (TPSA) is 26.3 Å². The van der Waals surface area contributed by atoms with Crippen LogP contribution in [0.1, 0.15) is 51.4 Å². The summed E-state index contributed by atoms with van der Waals surface area (Å²) in [5.41, 5.74) is 0. The van der Waals surface area contributed by atoms with E-state index in [1.807, 2.05) is 0 Å². The lowest BCUT2D eigenvalue weighted by atomic mass is 9.89. The highest BCUT2D eigenvalue weighted by molar-refractivity contribution is 5.73. The lowest BCUT2D eigenvalue weighted by Gasteiger charge is -2.26. The Morgan fingerprint density at radius 1 is 0.824 bits per heavy atom. The molecule has 4 rings (SSSR count). The van der Waals surface area contributed by atoms with Crippen molar-refractivity contribution in [3.05, 3.63) is 0 Å². The fraction of sp³-hybridized carbons (Fsp3) is 0.933. The van der Waals surface area contributed by atoms with Gasteiger partial charge in [-0.1, -0.05) is 6.42 Å². The average molecular weight is 234 g/mol. The molecule has 0 unspecified atom stereocenters. The SMILES string of the molecule is O=C(O[C@H]1C[C@H]2CC[C@@H]1C2)[C@H]1C[C@H]2CC[C@@H]1C2. The van der Waals surface area contributed by atoms with E-state index >= 15 is 0 Å². The van der Waals surface area contributed by atoms with E-state index in [9.17, 15) is 4.79 Å². The molecule has 0 heterocycles. The number of rotatable bonds is 2. The molecule has 2 nitrogen and oxygen atoms in total. The normalized spacial score (nSPS) is 51.1. The molecular formula is C15H22O2. The first-order valence-corrected chi connectivity index (χ1v) is 7.50. The molecule has 4 saturated carbocycles. The first kappa shape index (κ1) is 10.4. The number of carbonyl (C=O) groups is 1. The Kier molecular flexibility index (Phi) is 2.28. The van der Waals surface area contributed by atoms with Gasteiger partial charge in [-0.2, -0.15) is 0 Å². The van der Waals surface area contributed by atoms with Crippen molar-refractivity contribution < 1.29 is 9.53 Å². The summed E-state index contributed by atoms with van der Waals surface area (Å²) in [4.78, 5) is 12.2. The lowest BCUT2D eigenvalue weighted by molar-refractivity contribution is -0.158. The largest absolute Gasteiger partial charge is 0.462 e. The van der Waals surface area contributed by atoms with Crippen LogP contribution in [0.4, 0.5) is 0 Å². The summed E-state index contributed by atoms with van der Waals surface area (Å²) in [7, 11) is 0. The number of hydrogen-bond acceptors (Lipinski definition) is 2. The van der Waals surface area contributed by atoms with Gasteiger partial charge in [-0.25, -0.2) is 0 Å². The van der Waals surface area contributed by atoms with Crippen molar-refractivity contribution in [2.24, 2.45) is 29.6 Å². The number of carbonyl (C=O) groups excluding carboxylic acids is 1. The van der Waals surface area contributed by atoms with E-state index in [0.717, 1.165) is 24.7 Å². The second-order valence-corrected chi connectivity index (χ2v) is 6.93. The van der Waals surface area contributed by atoms with Crippen molar-refractivity contribution in [3.8, 4) is 0 Å². The molecule has 0 aromatic heterocycles. The van der Waals surface area contributed by atoms with Crippen LogP contribution < -0.4 is 0 Å². The predicted molar refractivity (Wildman–Crippen MR) is 64.3 cm³/mol. The molecule has 0 aromatic carbocycles. The molecule has 6 atom stereocenters. The van der Waals surface area contributed by atoms with Crippen molar-refractivity contribution in [1.29, 1.82) is 0 Å². The van der Waals surface area contributed by atoms with E-state index in [1.165, 1.54) is 38.5 Å². The van der Waals surface area contributed by atoms with E-state index < -0.39 is 0 Å². The van der Waals surface area contributed by atoms with Crippen LogP contribution in [-0.2, 0) is 9.53 Å². The van der Waals surface area contributed by atoms with Gasteiger partial charge in [-0.15, -0.1) is 0 Å². The van der Waals surface area contributed by atoms with Crippen LogP contribution in [0.25, 0.3) is 0 Å². The molecule has 4 bridgehead atoms. The van der Waals surface area contributed by atoms with Gasteiger partial charge in [0.25, 0.3) is 0 Å². The Hall–Kier alpha value is -0.530. The molecule has 4 aliphatic rings. The highest BCUT2D eigenvalue weighted by atomic mass is 16.5. The molecule has 4 aliphatic carbocycles. The van der Waals surface area contributed by atoms with Crippen LogP contribution >= 0.6 is 0 Å². The van der Waals surface area contributed by atoms with Gasteiger partial charge in [0.1, 0.15) is 6.10 Å². The monoisotopic (exact) mass is 234 g/mol. The van der Waals surface area contributed by atoms with Crippen LogP contribution in [0, 0.1) is 29.6 Å². The van der Waals surface area contributed by atoms with E-state index in [2.05, 4.69) is 0 Å². The molecule has 0 amide bonds. The smallest absolute Gasteiger partial charge is 0.309 e. The van der Waals surface area contributed by atoms with Crippen molar-refractivity contribution >= 4 is 5.97 Å². The standard InChI is InChI=1S/C15H22O2/c16-15(13-7-9-1-3-11(13)5-9)17-14-8-10-2-4-12(14)6-10/h9-14H,1-8H2/t9-,10-,11+,12+,13-,14-/m0/s1. The quantitative estimate of drug-likeness (QED) is 0.686. The number of esters is 1. The Bertz CT molecular complexity index is 338. The van der Waals surface area contributed by atoms with Crippen LogP contribution in [0.15, 0.2) is 0 Å². The molecule has 0 aliphatic heterocycles. The van der Waals surface area contributed by atoms with Gasteiger partial charge in [0.2, 0.25) is 0 Å². The Morgan fingerprint density at radius 2 is 1.53 bits per heavy atom. The van der Waals surface area contributed by atoms with E-state index in [-0.39, 0.29) is 11.9 Å². The number of hydrogen-bond donors (Lipinski definition) is 0. The summed E-state index contributed by atoms with van der Waals surface area (Å²) in [6.45, 7) is 0. The Morgan fingerprint density at radius 3 is 2.06 bits per heavy atom. The number of ether oxygens (including phenoxy) is 1. The highest BCUT2D eigenvalue weighted by Gasteiger charge is 2.47. The van der Waals surface area contributed by atoms with Gasteiger partial charge in [0.05, 0.1) is 5.92 Å². The third-order valence-electron chi connectivity index (χ3n) is 5.98. The molecule has 94 valence electrons. The molecule has 17 heavy (non-hydrogen) atoms. The molecule has 4 fully saturated rings. The summed E-state index contributed by atoms with van der Waals surface area (Å²) in [6.07, 6.45) is 10.5.